The van der Waals surface area contributed by atoms with Crippen LogP contribution >= 0.6 is 189 Å². The van der Waals surface area contributed by atoms with Crippen molar-refractivity contribution in [2.24, 2.45) is 5.92 Å². The smallest absolute Gasteiger partial charge is 0.322 e. The fourth-order valence-corrected chi connectivity index (χ4v) is 18.9. The minimum Gasteiger partial charge on any atom is -0.403 e. The van der Waals surface area contributed by atoms with E-state index in [9.17, 15) is 33.6 Å². The Morgan fingerprint density at radius 2 is 0.703 bits per heavy atom. The van der Waals surface area contributed by atoms with Gasteiger partial charge in [0, 0.05) is 74.7 Å². The Morgan fingerprint density at radius 3 is 1.14 bits per heavy atom. The van der Waals surface area contributed by atoms with Crippen LogP contribution in [0.15, 0.2) is 303 Å². The highest BCUT2D eigenvalue weighted by Gasteiger charge is 2.36. The van der Waals surface area contributed by atoms with E-state index in [1.54, 1.807) is 193 Å². The molecule has 9 heterocycles. The summed E-state index contributed by atoms with van der Waals surface area (Å²) >= 11 is 79.6. The van der Waals surface area contributed by atoms with Crippen LogP contribution in [0.5, 0.6) is 0 Å². The quantitative estimate of drug-likeness (QED) is 0.0364. The van der Waals surface area contributed by atoms with Gasteiger partial charge in [0.1, 0.15) is 0 Å². The van der Waals surface area contributed by atoms with Crippen molar-refractivity contribution in [3.8, 4) is 68.7 Å². The van der Waals surface area contributed by atoms with Crippen molar-refractivity contribution in [3.63, 3.8) is 0 Å². The molecule has 0 aliphatic heterocycles. The minimum atomic E-state index is -0.533. The van der Waals surface area contributed by atoms with E-state index >= 15 is 0 Å². The first kappa shape index (κ1) is 107. The van der Waals surface area contributed by atoms with Crippen molar-refractivity contribution in [2.45, 2.75) is 32.1 Å². The molecule has 1 aliphatic carbocycles. The van der Waals surface area contributed by atoms with Crippen molar-refractivity contribution in [1.82, 2.24) is 66.2 Å². The van der Waals surface area contributed by atoms with Crippen molar-refractivity contribution < 1.29 is 60.1 Å². The number of rotatable bonds is 21. The minimum absolute atomic E-state index is 0.0134. The lowest BCUT2D eigenvalue weighted by molar-refractivity contribution is -0.120. The topological polar surface area (TPSA) is 438 Å². The van der Waals surface area contributed by atoms with E-state index in [0.29, 0.717) is 127 Å². The average molecular weight is 2340 g/mol. The van der Waals surface area contributed by atoms with Gasteiger partial charge in [0.2, 0.25) is 11.8 Å². The number of fused-ring (bicyclic) bond motifs is 1. The molecule has 6 N–H and O–H groups in total. The number of thiophene rings is 2. The van der Waals surface area contributed by atoms with E-state index in [0.717, 1.165) is 44.4 Å². The number of thiazole rings is 1. The van der Waals surface area contributed by atoms with E-state index < -0.39 is 17.7 Å². The summed E-state index contributed by atoms with van der Waals surface area (Å²) in [6.07, 6.45) is 3.02. The number of ketones is 1. The summed E-state index contributed by atoms with van der Waals surface area (Å²) < 4.78 is 34.5. The molecule has 1 saturated carbocycles. The van der Waals surface area contributed by atoms with Crippen LogP contribution in [0, 0.1) is 12.8 Å². The number of anilines is 6. The molecule has 0 saturated heterocycles. The number of amides is 6. The fraction of sp³-hybridized carbons (Fsp3) is 0.0600. The molecule has 744 valence electrons. The number of carbonyl (C=O) groups excluding carboxylic acids is 7. The largest absolute Gasteiger partial charge is 0.403 e. The monoisotopic (exact) mass is 2330 g/mol. The molecule has 0 spiro atoms. The summed E-state index contributed by atoms with van der Waals surface area (Å²) in [5.41, 5.74) is 7.24. The van der Waals surface area contributed by atoms with E-state index in [2.05, 4.69) is 125 Å². The number of carbonyl (C=O) groups is 7. The number of para-hydroxylation sites is 1. The highest BCUT2D eigenvalue weighted by Crippen LogP contribution is 2.44. The van der Waals surface area contributed by atoms with Gasteiger partial charge in [-0.3, -0.25) is 65.5 Å². The first-order chi connectivity index (χ1) is 71.4. The molecule has 32 nitrogen and oxygen atoms in total. The lowest BCUT2D eigenvalue weighted by Crippen LogP contribution is -2.24. The van der Waals surface area contributed by atoms with E-state index in [-0.39, 0.29) is 106 Å². The molecular weight excluding hydrogens is 2280 g/mol. The third kappa shape index (κ3) is 28.3. The number of aromatic nitrogens is 13. The Bertz CT molecular complexity index is 8170. The van der Waals surface area contributed by atoms with Gasteiger partial charge in [-0.2, -0.15) is 0 Å². The SMILES string of the molecule is Cc1ccc(-c2nnc(NC(=O)C3CCCC3c3cccs3)o2)cc1.O=C(Nc1nnc(-c2cc(Cl)ccc2Cl)o1)c1cc(Cl)ccc1Cl.O=C(Nc1nnc(-c2cc(Cl)ccc2Cl)o1)c1ccc(Br)s1.O=C(Nc1nnc(-c2cc(Cl)ccc2Cl)o1)c1ccc(C(=O)c2ccccc2)cc1.O=C(Nc1nnc(-c2cc(Cl)ccc2Cl)o1)c1ccccc1.O=C(Nc1nnc(-c2cc(Cl)ccc2Cl)o1)c1nc2ccccc2s1. The molecule has 20 aromatic rings. The summed E-state index contributed by atoms with van der Waals surface area (Å²) in [4.78, 5) is 92.2. The normalized spacial score (nSPS) is 12.2. The summed E-state index contributed by atoms with van der Waals surface area (Å²) in [5, 5.41) is 69.1. The lowest BCUT2D eigenvalue weighted by Gasteiger charge is -2.16. The van der Waals surface area contributed by atoms with Crippen molar-refractivity contribution in [2.75, 3.05) is 31.9 Å². The van der Waals surface area contributed by atoms with E-state index in [1.807, 2.05) is 73.7 Å². The molecule has 148 heavy (non-hydrogen) atoms. The number of halogens is 13. The van der Waals surface area contributed by atoms with Gasteiger partial charge in [-0.05, 0) is 217 Å². The highest BCUT2D eigenvalue weighted by atomic mass is 79.9. The molecule has 0 radical (unpaired) electrons. The van der Waals surface area contributed by atoms with Crippen molar-refractivity contribution >= 4 is 277 Å². The van der Waals surface area contributed by atoms with Gasteiger partial charge in [0.05, 0.1) is 82.4 Å². The first-order valence-electron chi connectivity index (χ1n) is 43.0. The summed E-state index contributed by atoms with van der Waals surface area (Å²) in [6.45, 7) is 2.02. The second-order valence-corrected chi connectivity index (χ2v) is 40.3. The molecular formula is C100H62BrCl12N19O13S3. The van der Waals surface area contributed by atoms with Gasteiger partial charge in [-0.1, -0.05) is 273 Å². The fourth-order valence-electron chi connectivity index (χ4n) is 13.6. The Kier molecular flexibility index (Phi) is 36.2. The lowest BCUT2D eigenvalue weighted by atomic mass is 9.94. The summed E-state index contributed by atoms with van der Waals surface area (Å²) in [5.74, 6) is -0.808. The number of hydrogen-bond donors (Lipinski definition) is 6. The average Bonchev–Trinajstić information content (AvgIpc) is 1.60. The number of nitrogens with zero attached hydrogens (tertiary/aromatic N) is 13. The summed E-state index contributed by atoms with van der Waals surface area (Å²) in [6, 6.07) is 75.6. The number of aryl methyl sites for hydroxylation is 1. The number of nitrogens with one attached hydrogen (secondary N) is 6. The Morgan fingerprint density at radius 1 is 0.331 bits per heavy atom. The zero-order chi connectivity index (χ0) is 104. The molecule has 21 rings (SSSR count). The Labute approximate surface area is 917 Å². The van der Waals surface area contributed by atoms with Gasteiger partial charge in [-0.15, -0.1) is 64.6 Å². The molecule has 2 atom stereocenters. The molecule has 11 aromatic carbocycles. The van der Waals surface area contributed by atoms with Gasteiger partial charge >= 0.3 is 36.1 Å². The van der Waals surface area contributed by atoms with Crippen LogP contribution < -0.4 is 31.9 Å². The van der Waals surface area contributed by atoms with Crippen LogP contribution in [-0.2, 0) is 4.79 Å². The van der Waals surface area contributed by atoms with Crippen LogP contribution in [-0.4, -0.2) is 107 Å². The second-order valence-electron chi connectivity index (χ2n) is 30.7. The van der Waals surface area contributed by atoms with Gasteiger partial charge < -0.3 is 26.5 Å². The Hall–Kier alpha value is -14.0. The maximum absolute atomic E-state index is 12.7. The van der Waals surface area contributed by atoms with Crippen LogP contribution in [0.2, 0.25) is 60.3 Å². The standard InChI is InChI=1S/C22H13Cl2N3O3.C19H19N3O2S.C16H8Cl2N4O2S.C15H7Cl4N3O2.C15H9Cl2N3O2.C13H6BrCl2N3O2S/c23-16-10-11-18(24)17(12-16)21-26-27-22(30-21)25-20(29)15-8-6-14(7-9-15)19(28)13-4-2-1-3-5-13;1-12-7-9-13(10-8-12)18-21-22-19(24-18)20-17(23)15-5-2-4-14(15)16-6-3-11-25-16;17-8-5-6-10(18)9(7-8)14-21-22-16(24-14)20-13(23)15-19-11-3-1-2-4-12(11)25-15;16-7-1-3-11(18)9(5-7)13(23)20-15-22-21-14(24-15)10-6-8(17)2-4-12(10)19;16-10-6-7-12(17)11(8-10)14-19-20-15(22-14)18-13(21)9-4-2-1-3-5-9;14-10-4-3-9(22-10)11(20)17-13-19-18-12(21-13)7-5-6(15)1-2-8(7)16/h1-12H,(H,25,27,29);3,6-11,14-15H,2,4-5H2,1H3,(H,20,22,23);1-7H,(H,20,22,23);1-6H,(H,20,22,23);1-8H,(H,18,20,21);1-5H,(H,17,19,20). The van der Waals surface area contributed by atoms with Gasteiger partial charge in [-0.25, -0.2) is 4.98 Å². The third-order valence-corrected chi connectivity index (χ3v) is 27.7. The third-order valence-electron chi connectivity index (χ3n) is 20.7. The molecule has 6 amide bonds. The number of hydrogen-bond acceptors (Lipinski definition) is 29. The molecule has 9 aromatic heterocycles. The van der Waals surface area contributed by atoms with Gasteiger partial charge in [0.25, 0.3) is 59.0 Å². The van der Waals surface area contributed by atoms with Crippen LogP contribution in [0.25, 0.3) is 78.9 Å². The van der Waals surface area contributed by atoms with E-state index in [4.69, 9.17) is 166 Å². The van der Waals surface area contributed by atoms with Crippen LogP contribution in [0.1, 0.15) is 102 Å². The molecule has 1 aliphatic rings. The zero-order valence-electron chi connectivity index (χ0n) is 75.0. The maximum atomic E-state index is 12.7. The van der Waals surface area contributed by atoms with E-state index in [1.165, 1.54) is 39.7 Å². The Balaban J connectivity index is 0.000000127. The highest BCUT2D eigenvalue weighted by molar-refractivity contribution is 9.11. The first-order valence-corrected chi connectivity index (χ1v) is 50.8. The molecule has 48 heteroatoms. The predicted molar refractivity (Wildman–Crippen MR) is 577 cm³/mol. The van der Waals surface area contributed by atoms with Crippen molar-refractivity contribution in [3.05, 3.63) is 385 Å². The molecule has 0 bridgehead atoms. The molecule has 1 fully saturated rings. The van der Waals surface area contributed by atoms with Crippen LogP contribution in [0.3, 0.4) is 0 Å². The second kappa shape index (κ2) is 50.1. The molecule has 2 unspecified atom stereocenters. The maximum Gasteiger partial charge on any atom is 0.322 e. The zero-order valence-corrected chi connectivity index (χ0v) is 88.1. The predicted octanol–water partition coefficient (Wildman–Crippen LogP) is 30.1. The van der Waals surface area contributed by atoms with Crippen LogP contribution in [0.4, 0.5) is 36.1 Å². The number of benzene rings is 11. The summed E-state index contributed by atoms with van der Waals surface area (Å²) in [7, 11) is 0. The van der Waals surface area contributed by atoms with Gasteiger partial charge in [0.15, 0.2) is 10.8 Å². The van der Waals surface area contributed by atoms with Crippen molar-refractivity contribution in [1.29, 1.82) is 0 Å².